The average Bonchev–Trinajstić information content (AvgIpc) is 3.50. The molecule has 2 saturated carbocycles. The molecule has 2 unspecified atom stereocenters. The summed E-state index contributed by atoms with van der Waals surface area (Å²) in [7, 11) is 0.141. The zero-order valence-corrected chi connectivity index (χ0v) is 23.1. The fraction of sp³-hybridized carbons (Fsp3) is 0.643. The van der Waals surface area contributed by atoms with Crippen molar-refractivity contribution in [3.8, 4) is 0 Å². The van der Waals surface area contributed by atoms with Crippen LogP contribution in [-0.2, 0) is 17.1 Å². The SMILES string of the molecule is CC(C)P(C)[c-]1cccc1C(C)P(C1CCCCC1)C1CCCCC1.[Fe].[cH-]1[cH-][cH-][cH-][cH-]1. The molecule has 0 heterocycles. The van der Waals surface area contributed by atoms with E-state index in [1.54, 1.807) is 10.9 Å². The first kappa shape index (κ1) is 27.3. The molecule has 2 aliphatic rings. The molecule has 4 rings (SSSR count). The van der Waals surface area contributed by atoms with Crippen LogP contribution in [0.5, 0.6) is 0 Å². The monoisotopic (exact) mass is 498 g/mol. The van der Waals surface area contributed by atoms with Crippen LogP contribution >= 0.6 is 15.8 Å². The van der Waals surface area contributed by atoms with Crippen LogP contribution in [0.1, 0.15) is 96.2 Å². The first-order valence-corrected chi connectivity index (χ1v) is 15.9. The Labute approximate surface area is 206 Å². The van der Waals surface area contributed by atoms with Crippen molar-refractivity contribution in [3.63, 3.8) is 0 Å². The maximum absolute atomic E-state index is 2.62. The van der Waals surface area contributed by atoms with Gasteiger partial charge in [0.1, 0.15) is 0 Å². The van der Waals surface area contributed by atoms with Crippen LogP contribution in [0.3, 0.4) is 0 Å². The first-order valence-electron chi connectivity index (χ1n) is 12.5. The molecule has 0 aliphatic heterocycles. The average molecular weight is 498 g/mol. The number of hydrogen-bond acceptors (Lipinski definition) is 0. The Morgan fingerprint density at radius 3 is 1.68 bits per heavy atom. The van der Waals surface area contributed by atoms with E-state index in [1.165, 1.54) is 64.2 Å². The summed E-state index contributed by atoms with van der Waals surface area (Å²) < 4.78 is 0. The van der Waals surface area contributed by atoms with Crippen LogP contribution in [0.15, 0.2) is 48.5 Å². The van der Waals surface area contributed by atoms with Crippen molar-refractivity contribution >= 4 is 21.1 Å². The fourth-order valence-electron chi connectivity index (χ4n) is 5.55. The topological polar surface area (TPSA) is 0 Å². The normalized spacial score (nSPS) is 20.1. The van der Waals surface area contributed by atoms with E-state index in [0.717, 1.165) is 22.6 Å². The maximum Gasteiger partial charge on any atom is 0 e. The Morgan fingerprint density at radius 1 is 0.806 bits per heavy atom. The number of rotatable bonds is 6. The second kappa shape index (κ2) is 14.4. The molecule has 2 aromatic rings. The van der Waals surface area contributed by atoms with E-state index in [0.29, 0.717) is 0 Å². The molecule has 0 N–H and O–H groups in total. The van der Waals surface area contributed by atoms with Gasteiger partial charge in [0.05, 0.1) is 0 Å². The predicted molar refractivity (Wildman–Crippen MR) is 141 cm³/mol. The maximum atomic E-state index is 2.62. The van der Waals surface area contributed by atoms with E-state index in [1.807, 2.05) is 30.3 Å². The Morgan fingerprint density at radius 2 is 1.26 bits per heavy atom. The molecule has 0 radical (unpaired) electrons. The van der Waals surface area contributed by atoms with Crippen molar-refractivity contribution in [2.24, 2.45) is 0 Å². The third-order valence-corrected chi connectivity index (χ3v) is 14.0. The van der Waals surface area contributed by atoms with E-state index in [-0.39, 0.29) is 32.9 Å². The van der Waals surface area contributed by atoms with Gasteiger partial charge in [0, 0.05) is 17.1 Å². The summed E-state index contributed by atoms with van der Waals surface area (Å²) >= 11 is 0. The molecule has 2 aromatic carbocycles. The van der Waals surface area contributed by atoms with E-state index < -0.39 is 0 Å². The quantitative estimate of drug-likeness (QED) is 0.212. The standard InChI is InChI=1S/C23H39P2.C5H5.Fe/c1-18(2)24(4)23-17-11-16-22(23)19(3)25(20-12-7-5-8-13-20)21-14-9-6-10-15-21;1-2-4-5-3-1;/h11,16-21H,5-10,12-15H2,1-4H3;1-5H;/q-1;-5;. The van der Waals surface area contributed by atoms with Gasteiger partial charge in [-0.3, -0.25) is 0 Å². The van der Waals surface area contributed by atoms with E-state index in [2.05, 4.69) is 45.6 Å². The fourth-order valence-corrected chi connectivity index (χ4v) is 11.5. The summed E-state index contributed by atoms with van der Waals surface area (Å²) in [5.74, 6) is 0. The molecule has 2 fully saturated rings. The summed E-state index contributed by atoms with van der Waals surface area (Å²) in [4.78, 5) is 0. The van der Waals surface area contributed by atoms with Gasteiger partial charge in [-0.25, -0.2) is 12.1 Å². The van der Waals surface area contributed by atoms with Crippen molar-refractivity contribution in [3.05, 3.63) is 54.1 Å². The molecule has 31 heavy (non-hydrogen) atoms. The number of hydrogen-bond donors (Lipinski definition) is 0. The van der Waals surface area contributed by atoms with Gasteiger partial charge >= 0.3 is 0 Å². The van der Waals surface area contributed by atoms with Crippen molar-refractivity contribution in [1.82, 2.24) is 0 Å². The summed E-state index contributed by atoms with van der Waals surface area (Å²) in [6, 6.07) is 17.3. The molecule has 0 nitrogen and oxygen atoms in total. The molecule has 3 heteroatoms. The second-order valence-corrected chi connectivity index (χ2v) is 15.6. The van der Waals surface area contributed by atoms with Gasteiger partial charge in [-0.2, -0.15) is 11.6 Å². The largest absolute Gasteiger partial charge is 0.748 e. The zero-order valence-electron chi connectivity index (χ0n) is 20.2. The van der Waals surface area contributed by atoms with Gasteiger partial charge in [-0.1, -0.05) is 73.9 Å². The first-order chi connectivity index (χ1) is 14.6. The third-order valence-electron chi connectivity index (χ3n) is 7.43. The van der Waals surface area contributed by atoms with Crippen LogP contribution in [0.25, 0.3) is 0 Å². The van der Waals surface area contributed by atoms with Crippen LogP contribution in [-0.4, -0.2) is 23.6 Å². The van der Waals surface area contributed by atoms with Gasteiger partial charge in [0.2, 0.25) is 0 Å². The molecule has 2 atom stereocenters. The van der Waals surface area contributed by atoms with Crippen LogP contribution in [0.4, 0.5) is 0 Å². The van der Waals surface area contributed by atoms with Crippen molar-refractivity contribution in [2.45, 2.75) is 108 Å². The molecule has 0 saturated heterocycles. The van der Waals surface area contributed by atoms with Crippen LogP contribution in [0.2, 0.25) is 0 Å². The zero-order chi connectivity index (χ0) is 21.3. The molecule has 180 valence electrons. The van der Waals surface area contributed by atoms with Crippen molar-refractivity contribution < 1.29 is 17.1 Å². The molecule has 2 aliphatic carbocycles. The van der Waals surface area contributed by atoms with Crippen LogP contribution < -0.4 is 5.30 Å². The molecule has 0 amide bonds. The van der Waals surface area contributed by atoms with Gasteiger partial charge in [-0.05, 0) is 48.3 Å². The van der Waals surface area contributed by atoms with Crippen LogP contribution in [0, 0.1) is 0 Å². The van der Waals surface area contributed by atoms with E-state index in [9.17, 15) is 0 Å². The summed E-state index contributed by atoms with van der Waals surface area (Å²) in [5.41, 5.74) is 5.51. The summed E-state index contributed by atoms with van der Waals surface area (Å²) in [5, 5.41) is 1.73. The molecule has 0 spiro atoms. The minimum Gasteiger partial charge on any atom is -0.748 e. The summed E-state index contributed by atoms with van der Waals surface area (Å²) in [6.07, 6.45) is 15.1. The molecule has 0 bridgehead atoms. The van der Waals surface area contributed by atoms with E-state index >= 15 is 0 Å². The van der Waals surface area contributed by atoms with Gasteiger partial charge in [0.15, 0.2) is 0 Å². The Balaban J connectivity index is 0.000000501. The molecular formula is C28H44FeP2-6. The Hall–Kier alpha value is 0.0795. The van der Waals surface area contributed by atoms with Gasteiger partial charge in [-0.15, -0.1) is 13.2 Å². The second-order valence-electron chi connectivity index (χ2n) is 9.74. The van der Waals surface area contributed by atoms with Gasteiger partial charge < -0.3 is 30.3 Å². The van der Waals surface area contributed by atoms with E-state index in [4.69, 9.17) is 0 Å². The molecular weight excluding hydrogens is 454 g/mol. The minimum atomic E-state index is -0.000147. The Kier molecular flexibility index (Phi) is 12.7. The van der Waals surface area contributed by atoms with Crippen molar-refractivity contribution in [1.29, 1.82) is 0 Å². The van der Waals surface area contributed by atoms with Gasteiger partial charge in [0.25, 0.3) is 0 Å². The minimum absolute atomic E-state index is 0. The third kappa shape index (κ3) is 7.82. The molecule has 0 aromatic heterocycles. The Bertz CT molecular complexity index is 642. The summed E-state index contributed by atoms with van der Waals surface area (Å²) in [6.45, 7) is 9.96. The smallest absolute Gasteiger partial charge is 0 e. The van der Waals surface area contributed by atoms with Crippen molar-refractivity contribution in [2.75, 3.05) is 6.66 Å². The predicted octanol–water partition coefficient (Wildman–Crippen LogP) is 9.16.